The molecule has 0 aliphatic rings. The smallest absolute Gasteiger partial charge is 0.321 e. The van der Waals surface area contributed by atoms with Gasteiger partial charge in [-0.2, -0.15) is 0 Å². The highest BCUT2D eigenvalue weighted by molar-refractivity contribution is 9.10. The number of anilines is 1. The first-order valence-corrected chi connectivity index (χ1v) is 9.79. The van der Waals surface area contributed by atoms with E-state index in [1.165, 1.54) is 24.3 Å². The van der Waals surface area contributed by atoms with Crippen molar-refractivity contribution in [1.82, 2.24) is 9.97 Å². The van der Waals surface area contributed by atoms with Crippen LogP contribution in [0.3, 0.4) is 0 Å². The van der Waals surface area contributed by atoms with Crippen LogP contribution in [0.4, 0.5) is 10.1 Å². The number of ether oxygens (including phenoxy) is 1. The molecule has 0 saturated carbocycles. The molecule has 7 heteroatoms. The minimum Gasteiger partial charge on any atom is -0.424 e. The van der Waals surface area contributed by atoms with Crippen molar-refractivity contribution in [2.24, 2.45) is 0 Å². The topological polar surface area (TPSA) is 64.1 Å². The first-order chi connectivity index (χ1) is 14.6. The Morgan fingerprint density at radius 1 is 0.900 bits per heavy atom. The van der Waals surface area contributed by atoms with Gasteiger partial charge in [-0.3, -0.25) is 4.79 Å². The van der Waals surface area contributed by atoms with Gasteiger partial charge in [-0.1, -0.05) is 34.1 Å². The molecule has 4 rings (SSSR count). The number of carbonyl (C=O) groups excluding carboxylic acids is 1. The lowest BCUT2D eigenvalue weighted by Gasteiger charge is -2.08. The summed E-state index contributed by atoms with van der Waals surface area (Å²) in [5.74, 6) is -0.120. The van der Waals surface area contributed by atoms with Gasteiger partial charge in [0.2, 0.25) is 0 Å². The van der Waals surface area contributed by atoms with E-state index in [0.29, 0.717) is 17.0 Å². The second kappa shape index (κ2) is 8.84. The van der Waals surface area contributed by atoms with Crippen LogP contribution in [-0.4, -0.2) is 15.9 Å². The third kappa shape index (κ3) is 4.87. The lowest BCUT2D eigenvalue weighted by Crippen LogP contribution is -2.11. The first-order valence-electron chi connectivity index (χ1n) is 9.00. The van der Waals surface area contributed by atoms with Crippen LogP contribution in [0.1, 0.15) is 10.4 Å². The summed E-state index contributed by atoms with van der Waals surface area (Å²) in [4.78, 5) is 21.0. The molecule has 0 atom stereocenters. The minimum absolute atomic E-state index is 0.147. The largest absolute Gasteiger partial charge is 0.424 e. The van der Waals surface area contributed by atoms with Crippen molar-refractivity contribution in [3.63, 3.8) is 0 Å². The molecule has 30 heavy (non-hydrogen) atoms. The SMILES string of the molecule is O=C(Nc1cccc(Br)c1)c1cccc(-c2cnc(Oc3ccc(F)cc3)nc2)c1. The summed E-state index contributed by atoms with van der Waals surface area (Å²) in [6, 6.07) is 20.3. The molecule has 0 spiro atoms. The lowest BCUT2D eigenvalue weighted by molar-refractivity contribution is 0.102. The number of hydrogen-bond acceptors (Lipinski definition) is 4. The molecule has 0 fully saturated rings. The zero-order valence-electron chi connectivity index (χ0n) is 15.5. The van der Waals surface area contributed by atoms with Gasteiger partial charge in [0.25, 0.3) is 5.91 Å². The molecule has 0 aliphatic carbocycles. The Morgan fingerprint density at radius 3 is 2.37 bits per heavy atom. The Bertz CT molecular complexity index is 1180. The van der Waals surface area contributed by atoms with Crippen LogP contribution in [0.15, 0.2) is 89.7 Å². The molecular weight excluding hydrogens is 449 g/mol. The quantitative estimate of drug-likeness (QED) is 0.388. The summed E-state index contributed by atoms with van der Waals surface area (Å²) in [6.45, 7) is 0. The first kappa shape index (κ1) is 19.7. The molecule has 3 aromatic carbocycles. The Labute approximate surface area is 180 Å². The average Bonchev–Trinajstić information content (AvgIpc) is 2.76. The van der Waals surface area contributed by atoms with Gasteiger partial charge in [0.05, 0.1) is 0 Å². The van der Waals surface area contributed by atoms with Gasteiger partial charge in [-0.15, -0.1) is 0 Å². The zero-order chi connectivity index (χ0) is 20.9. The van der Waals surface area contributed by atoms with E-state index in [-0.39, 0.29) is 17.7 Å². The van der Waals surface area contributed by atoms with E-state index < -0.39 is 0 Å². The maximum atomic E-state index is 13.0. The molecule has 1 aromatic heterocycles. The van der Waals surface area contributed by atoms with Crippen molar-refractivity contribution in [3.05, 3.63) is 101 Å². The number of benzene rings is 3. The summed E-state index contributed by atoms with van der Waals surface area (Å²) in [5, 5.41) is 2.87. The van der Waals surface area contributed by atoms with Crippen molar-refractivity contribution >= 4 is 27.5 Å². The maximum absolute atomic E-state index is 13.0. The second-order valence-corrected chi connectivity index (χ2v) is 7.27. The molecule has 5 nitrogen and oxygen atoms in total. The van der Waals surface area contributed by atoms with E-state index >= 15 is 0 Å². The predicted octanol–water partition coefficient (Wildman–Crippen LogP) is 6.09. The predicted molar refractivity (Wildman–Crippen MR) is 116 cm³/mol. The fourth-order valence-electron chi connectivity index (χ4n) is 2.74. The molecule has 0 saturated heterocycles. The van der Waals surface area contributed by atoms with Crippen LogP contribution < -0.4 is 10.1 Å². The summed E-state index contributed by atoms with van der Waals surface area (Å²) in [7, 11) is 0. The van der Waals surface area contributed by atoms with E-state index in [9.17, 15) is 9.18 Å². The van der Waals surface area contributed by atoms with Crippen molar-refractivity contribution in [2.75, 3.05) is 5.32 Å². The highest BCUT2D eigenvalue weighted by Crippen LogP contribution is 2.23. The van der Waals surface area contributed by atoms with Crippen LogP contribution in [0.2, 0.25) is 0 Å². The molecule has 0 radical (unpaired) electrons. The van der Waals surface area contributed by atoms with Crippen molar-refractivity contribution in [1.29, 1.82) is 0 Å². The number of rotatable bonds is 5. The third-order valence-electron chi connectivity index (χ3n) is 4.19. The van der Waals surface area contributed by atoms with Gasteiger partial charge in [0.15, 0.2) is 0 Å². The molecule has 1 heterocycles. The number of nitrogens with zero attached hydrogens (tertiary/aromatic N) is 2. The van der Waals surface area contributed by atoms with Gasteiger partial charge >= 0.3 is 6.01 Å². The molecular formula is C23H15BrFN3O2. The number of nitrogens with one attached hydrogen (secondary N) is 1. The molecule has 1 N–H and O–H groups in total. The van der Waals surface area contributed by atoms with E-state index in [4.69, 9.17) is 4.74 Å². The average molecular weight is 464 g/mol. The van der Waals surface area contributed by atoms with Crippen LogP contribution in [0.25, 0.3) is 11.1 Å². The zero-order valence-corrected chi connectivity index (χ0v) is 17.1. The highest BCUT2D eigenvalue weighted by atomic mass is 79.9. The Balaban J connectivity index is 1.49. The van der Waals surface area contributed by atoms with Gasteiger partial charge in [0.1, 0.15) is 11.6 Å². The van der Waals surface area contributed by atoms with Crippen molar-refractivity contribution < 1.29 is 13.9 Å². The third-order valence-corrected chi connectivity index (χ3v) is 4.68. The molecule has 148 valence electrons. The molecule has 0 aliphatic heterocycles. The Hall–Kier alpha value is -3.58. The maximum Gasteiger partial charge on any atom is 0.321 e. The van der Waals surface area contributed by atoms with E-state index in [0.717, 1.165) is 15.6 Å². The summed E-state index contributed by atoms with van der Waals surface area (Å²) >= 11 is 3.39. The van der Waals surface area contributed by atoms with Crippen LogP contribution in [-0.2, 0) is 0 Å². The standard InChI is InChI=1S/C23H15BrFN3O2/c24-18-5-2-6-20(12-18)28-22(29)16-4-1-3-15(11-16)17-13-26-23(27-14-17)30-21-9-7-19(25)8-10-21/h1-14H,(H,28,29). The molecule has 0 bridgehead atoms. The fraction of sp³-hybridized carbons (Fsp3) is 0. The van der Waals surface area contributed by atoms with Crippen molar-refractivity contribution in [3.8, 4) is 22.9 Å². The minimum atomic E-state index is -0.345. The number of halogens is 2. The molecule has 4 aromatic rings. The fourth-order valence-corrected chi connectivity index (χ4v) is 3.13. The van der Waals surface area contributed by atoms with Crippen LogP contribution >= 0.6 is 15.9 Å². The second-order valence-electron chi connectivity index (χ2n) is 6.36. The Kier molecular flexibility index (Phi) is 5.81. The van der Waals surface area contributed by atoms with E-state index in [1.54, 1.807) is 30.6 Å². The van der Waals surface area contributed by atoms with Crippen LogP contribution in [0.5, 0.6) is 11.8 Å². The lowest BCUT2D eigenvalue weighted by atomic mass is 10.1. The summed E-state index contributed by atoms with van der Waals surface area (Å²) < 4.78 is 19.4. The van der Waals surface area contributed by atoms with Gasteiger partial charge < -0.3 is 10.1 Å². The number of hydrogen-bond donors (Lipinski definition) is 1. The number of amides is 1. The monoisotopic (exact) mass is 463 g/mol. The normalized spacial score (nSPS) is 10.5. The highest BCUT2D eigenvalue weighted by Gasteiger charge is 2.09. The van der Waals surface area contributed by atoms with Gasteiger partial charge in [0, 0.05) is 33.7 Å². The van der Waals surface area contributed by atoms with Gasteiger partial charge in [-0.25, -0.2) is 14.4 Å². The van der Waals surface area contributed by atoms with Crippen molar-refractivity contribution in [2.45, 2.75) is 0 Å². The molecule has 0 unspecified atom stereocenters. The number of aromatic nitrogens is 2. The Morgan fingerprint density at radius 2 is 1.63 bits per heavy atom. The van der Waals surface area contributed by atoms with Gasteiger partial charge in [-0.05, 0) is 60.2 Å². The van der Waals surface area contributed by atoms with Crippen LogP contribution in [0, 0.1) is 5.82 Å². The van der Waals surface area contributed by atoms with E-state index in [1.807, 2.05) is 30.3 Å². The summed E-state index contributed by atoms with van der Waals surface area (Å²) in [5.41, 5.74) is 2.74. The number of carbonyl (C=O) groups is 1. The summed E-state index contributed by atoms with van der Waals surface area (Å²) in [6.07, 6.45) is 3.22. The molecule has 1 amide bonds. The van der Waals surface area contributed by atoms with E-state index in [2.05, 4.69) is 31.2 Å².